The molecule has 0 bridgehead atoms. The van der Waals surface area contributed by atoms with Crippen LogP contribution in [0.3, 0.4) is 0 Å². The number of pyridine rings is 1. The summed E-state index contributed by atoms with van der Waals surface area (Å²) in [5.41, 5.74) is 8.24. The maximum Gasteiger partial charge on any atom is 0.297 e. The van der Waals surface area contributed by atoms with E-state index in [-0.39, 0.29) is 44.7 Å². The van der Waals surface area contributed by atoms with Crippen molar-refractivity contribution in [2.75, 3.05) is 20.7 Å². The molecule has 1 aromatic rings. The minimum Gasteiger partial charge on any atom is -0.449 e. The first-order chi connectivity index (χ1) is 29.3. The molecule has 0 saturated carbocycles. The molecule has 422 valence electrons. The predicted octanol–water partition coefficient (Wildman–Crippen LogP) is 14.8. The van der Waals surface area contributed by atoms with Gasteiger partial charge in [-0.15, -0.1) is 19.7 Å². The van der Waals surface area contributed by atoms with Gasteiger partial charge in [0.25, 0.3) is 9.28 Å². The maximum atomic E-state index is 6.03. The van der Waals surface area contributed by atoms with Crippen LogP contribution in [-0.2, 0) is 38.0 Å². The zero-order valence-corrected chi connectivity index (χ0v) is 64.0. The van der Waals surface area contributed by atoms with E-state index >= 15 is 0 Å². The third-order valence-electron chi connectivity index (χ3n) is 9.18. The minimum absolute atomic E-state index is 0. The minimum atomic E-state index is -1.58. The summed E-state index contributed by atoms with van der Waals surface area (Å²) in [4.78, 5) is 12.7. The molecule has 0 fully saturated rings. The number of aliphatic imine (C=N–C) groups is 2. The van der Waals surface area contributed by atoms with Gasteiger partial charge in [0.15, 0.2) is 41.6 Å². The van der Waals surface area contributed by atoms with Gasteiger partial charge >= 0.3 is 0 Å². The average molecular weight is 1200 g/mol. The quantitative estimate of drug-likeness (QED) is 0.0630. The molecule has 19 heteroatoms. The Bertz CT molecular complexity index is 1470. The van der Waals surface area contributed by atoms with Crippen LogP contribution in [0.25, 0.3) is 0 Å². The van der Waals surface area contributed by atoms with Gasteiger partial charge in [-0.1, -0.05) is 96.4 Å². The molecule has 1 aromatic heterocycles. The molecule has 0 aliphatic carbocycles. The molecule has 1 heterocycles. The van der Waals surface area contributed by atoms with E-state index in [1.54, 1.807) is 20.2 Å². The molecule has 0 aliphatic rings. The topological polar surface area (TPSA) is 83.8 Å². The molecule has 2 radical (unpaired) electrons. The molecular weight excluding hydrogens is 1070 g/mol. The first-order valence-corrected chi connectivity index (χ1v) is 50.5. The standard InChI is InChI=1S/C11H15N3.C9H24Si2.C8H22OSi2.C8H18OSi2.C7H22O2Si3.C5H11OSi.2CH4.CH3.Co/c1-8(12-3)10-6-5-7-11(14-10)9(2)13-4;1-8(10)11(5,6)7-9(2,3)4;1-8(2,3)9-11(4,5)7-6-10;1-7-10(3,4)9-11(5,6)8-2;1-10(8-11(2,3)4)9-12(5,6)7;1-4-5-6-7(2)3;;;;/h5-7H,1-4H3;8H,7H2,1-6,10H3;6-7H2,1-5,10H3;7-8H,1-2H2,3-6H3;10H,1-7H3;4H,1,5H2,2-3H3;2*1H4;1H3;/q;;;;;;;;-1;. The van der Waals surface area contributed by atoms with Crippen LogP contribution >= 0.6 is 0 Å². The molecule has 0 N–H and O–H groups in total. The summed E-state index contributed by atoms with van der Waals surface area (Å²) >= 11 is 0. The van der Waals surface area contributed by atoms with Crippen LogP contribution in [0.4, 0.5) is 0 Å². The fraction of sp³-hybridized carbons (Fsp3) is 0.725. The third-order valence-corrected chi connectivity index (χ3v) is 38.6. The molecule has 1 atom stereocenters. The van der Waals surface area contributed by atoms with Crippen molar-refractivity contribution in [3.63, 3.8) is 0 Å². The van der Waals surface area contributed by atoms with Crippen LogP contribution in [0.5, 0.6) is 0 Å². The van der Waals surface area contributed by atoms with E-state index in [1.165, 1.54) is 38.6 Å². The summed E-state index contributed by atoms with van der Waals surface area (Å²) in [7, 11) is -3.60. The number of aromatic nitrogens is 1. The number of hydrogen-bond donors (Lipinski definition) is 0. The Kier molecular flexibility index (Phi) is 54.2. The Hall–Kier alpha value is 0.185. The van der Waals surface area contributed by atoms with Gasteiger partial charge in [-0.05, 0) is 156 Å². The van der Waals surface area contributed by atoms with Crippen molar-refractivity contribution in [3.05, 3.63) is 74.2 Å². The molecule has 0 spiro atoms. The monoisotopic (exact) mass is 1200 g/mol. The van der Waals surface area contributed by atoms with Crippen LogP contribution < -0.4 is 0 Å². The largest absolute Gasteiger partial charge is 0.449 e. The second-order valence-corrected chi connectivity index (χ2v) is 59.1. The fourth-order valence-corrected chi connectivity index (χ4v) is 31.6. The van der Waals surface area contributed by atoms with Gasteiger partial charge in [-0.2, -0.15) is 0 Å². The van der Waals surface area contributed by atoms with Gasteiger partial charge in [0.2, 0.25) is 9.04 Å². The van der Waals surface area contributed by atoms with Crippen molar-refractivity contribution in [2.24, 2.45) is 15.4 Å². The summed E-state index contributed by atoms with van der Waals surface area (Å²) < 4.78 is 29.0. The first kappa shape index (κ1) is 89.7. The van der Waals surface area contributed by atoms with E-state index < -0.39 is 68.0 Å². The second kappa shape index (κ2) is 42.3. The predicted molar refractivity (Wildman–Crippen MR) is 351 cm³/mol. The third kappa shape index (κ3) is 62.5. The van der Waals surface area contributed by atoms with E-state index in [0.29, 0.717) is 12.0 Å². The van der Waals surface area contributed by atoms with Gasteiger partial charge in [0.05, 0.1) is 29.4 Å². The van der Waals surface area contributed by atoms with E-state index in [1.807, 2.05) is 43.4 Å². The summed E-state index contributed by atoms with van der Waals surface area (Å²) in [6.07, 6.45) is 1.78. The number of rotatable bonds is 18. The number of hydrogen-bond acceptors (Lipinski definition) is 8. The Labute approximate surface area is 467 Å². The molecule has 0 amide bonds. The molecule has 70 heavy (non-hydrogen) atoms. The molecule has 1 rings (SSSR count). The Morgan fingerprint density at radius 3 is 1.33 bits per heavy atom. The molecule has 0 aliphatic heterocycles. The summed E-state index contributed by atoms with van der Waals surface area (Å²) in [5.74, 6) is 0. The van der Waals surface area contributed by atoms with Crippen LogP contribution in [0.15, 0.2) is 65.4 Å². The van der Waals surface area contributed by atoms with Crippen molar-refractivity contribution < 1.29 is 38.0 Å². The smallest absolute Gasteiger partial charge is 0.297 e. The van der Waals surface area contributed by atoms with E-state index in [2.05, 4.69) is 194 Å². The van der Waals surface area contributed by atoms with Gasteiger partial charge in [0, 0.05) is 65.0 Å². The Balaban J connectivity index is -0.0000000909. The Morgan fingerprint density at radius 2 is 1.13 bits per heavy atom. The van der Waals surface area contributed by atoms with E-state index in [0.717, 1.165) is 28.0 Å². The van der Waals surface area contributed by atoms with Crippen molar-refractivity contribution >= 4 is 99.9 Å². The van der Waals surface area contributed by atoms with Crippen LogP contribution in [0, 0.1) is 12.8 Å². The first-order valence-electron chi connectivity index (χ1n) is 24.2. The van der Waals surface area contributed by atoms with Crippen molar-refractivity contribution in [2.45, 2.75) is 217 Å². The molecular formula is C51H123CoN3O5Si10-. The van der Waals surface area contributed by atoms with Crippen molar-refractivity contribution in [1.29, 1.82) is 0 Å². The van der Waals surface area contributed by atoms with Gasteiger partial charge in [-0.25, -0.2) is 4.98 Å². The van der Waals surface area contributed by atoms with Gasteiger partial charge in [-0.3, -0.25) is 9.98 Å². The molecule has 8 nitrogen and oxygen atoms in total. The summed E-state index contributed by atoms with van der Waals surface area (Å²) in [6.45, 7) is 69.6. The average Bonchev–Trinajstić information content (AvgIpc) is 3.10. The summed E-state index contributed by atoms with van der Waals surface area (Å²) in [5, 5.41) is 1.06. The SMILES string of the molecule is C.C.C=CCO[Si](C)C.C=C[Si](C)(C)O[Si](C)(C)C=C.CC(C)(C)O[Si](C)(C)CC[SiH3].CC([SiH3])[Si](C)(C)CC(C)(C)C.CN=C(C)c1cccc(C(C)=NC)n1.C[SiH](O[Si](C)(C)C)O[Si](C)(C)C.[CH3-].[Co]. The zero-order chi connectivity index (χ0) is 53.8. The molecule has 0 aromatic carbocycles. The summed E-state index contributed by atoms with van der Waals surface area (Å²) in [6, 6.07) is 10.1. The van der Waals surface area contributed by atoms with Crippen LogP contribution in [0.2, 0.25) is 135 Å². The maximum absolute atomic E-state index is 6.03. The van der Waals surface area contributed by atoms with Crippen LogP contribution in [0.1, 0.15) is 88.6 Å². The number of nitrogens with zero attached hydrogens (tertiary/aromatic N) is 3. The molecule has 1 unspecified atom stereocenters. The van der Waals surface area contributed by atoms with E-state index in [4.69, 9.17) is 21.2 Å². The fourth-order valence-electron chi connectivity index (χ4n) is 6.13. The zero-order valence-electron chi connectivity index (χ0n) is 50.8. The van der Waals surface area contributed by atoms with Crippen molar-refractivity contribution in [1.82, 2.24) is 4.98 Å². The van der Waals surface area contributed by atoms with E-state index in [9.17, 15) is 0 Å². The van der Waals surface area contributed by atoms with Gasteiger partial charge < -0.3 is 28.6 Å². The normalized spacial score (nSPS) is 12.8. The van der Waals surface area contributed by atoms with Gasteiger partial charge in [0.1, 0.15) is 0 Å². The molecule has 0 saturated heterocycles. The van der Waals surface area contributed by atoms with Crippen molar-refractivity contribution in [3.8, 4) is 0 Å². The van der Waals surface area contributed by atoms with Crippen LogP contribution in [-0.4, -0.2) is 131 Å². The second-order valence-electron chi connectivity index (χ2n) is 23.9. The Morgan fingerprint density at radius 1 is 0.771 bits per heavy atom.